The number of benzene rings is 1. The van der Waals surface area contributed by atoms with Gasteiger partial charge in [0.2, 0.25) is 6.41 Å². The van der Waals surface area contributed by atoms with Crippen LogP contribution in [0.25, 0.3) is 10.9 Å². The second-order valence-corrected chi connectivity index (χ2v) is 8.57. The number of aromatic nitrogens is 3. The van der Waals surface area contributed by atoms with Crippen LogP contribution in [0.4, 0.5) is 5.00 Å². The molecule has 0 saturated carbocycles. The van der Waals surface area contributed by atoms with E-state index in [-0.39, 0.29) is 18.6 Å². The molecule has 4 rings (SSSR count). The SMILES string of the molecule is COC1C=C(Cl)C=CC1c1nc(C)c(NC(O)OCc2ccc3nn(C)cc3c2)s1. The number of methoxy groups -OCH3 is 1. The van der Waals surface area contributed by atoms with Crippen molar-refractivity contribution in [3.05, 3.63) is 63.9 Å². The standard InChI is InChI=1S/C21H23ClN4O3S/c1-12-19(30-20(23-12)16-6-5-15(22)9-18(16)28-3)24-21(27)29-11-13-4-7-17-14(8-13)10-26(2)25-17/h4-10,16,18,21,24,27H,11H2,1-3H3. The third-order valence-electron chi connectivity index (χ3n) is 4.86. The molecular formula is C21H23ClN4O3S. The monoisotopic (exact) mass is 446 g/mol. The number of nitrogens with zero attached hydrogens (tertiary/aromatic N) is 3. The Labute approximate surface area is 183 Å². The molecule has 2 heterocycles. The second-order valence-electron chi connectivity index (χ2n) is 7.11. The highest BCUT2D eigenvalue weighted by molar-refractivity contribution is 7.16. The maximum atomic E-state index is 10.3. The summed E-state index contributed by atoms with van der Waals surface area (Å²) in [5.41, 5.74) is 2.67. The van der Waals surface area contributed by atoms with Crippen molar-refractivity contribution in [2.45, 2.75) is 32.0 Å². The molecule has 0 saturated heterocycles. The molecule has 0 bridgehead atoms. The molecule has 0 aliphatic heterocycles. The molecule has 9 heteroatoms. The minimum absolute atomic E-state index is 0.0268. The Morgan fingerprint density at radius 1 is 1.40 bits per heavy atom. The van der Waals surface area contributed by atoms with E-state index in [9.17, 15) is 5.11 Å². The maximum Gasteiger partial charge on any atom is 0.236 e. The van der Waals surface area contributed by atoms with E-state index in [1.165, 1.54) is 11.3 Å². The lowest BCUT2D eigenvalue weighted by molar-refractivity contribution is -0.0869. The zero-order valence-corrected chi connectivity index (χ0v) is 18.4. The highest BCUT2D eigenvalue weighted by Crippen LogP contribution is 2.36. The van der Waals surface area contributed by atoms with Gasteiger partial charge in [-0.3, -0.25) is 4.68 Å². The summed E-state index contributed by atoms with van der Waals surface area (Å²) in [7, 11) is 3.54. The van der Waals surface area contributed by atoms with Crippen molar-refractivity contribution in [1.82, 2.24) is 14.8 Å². The number of hydrogen-bond donors (Lipinski definition) is 2. The number of halogens is 1. The number of nitrogens with one attached hydrogen (secondary N) is 1. The summed E-state index contributed by atoms with van der Waals surface area (Å²) in [4.78, 5) is 4.64. The minimum Gasteiger partial charge on any atom is -0.376 e. The first-order valence-corrected chi connectivity index (χ1v) is 10.7. The topological polar surface area (TPSA) is 81.4 Å². The number of aliphatic hydroxyl groups is 1. The van der Waals surface area contributed by atoms with Crippen molar-refractivity contribution >= 4 is 38.8 Å². The molecule has 3 unspecified atom stereocenters. The fraction of sp³-hybridized carbons (Fsp3) is 0.333. The summed E-state index contributed by atoms with van der Waals surface area (Å²) in [6, 6.07) is 5.89. The van der Waals surface area contributed by atoms with Crippen molar-refractivity contribution in [2.24, 2.45) is 7.05 Å². The van der Waals surface area contributed by atoms with Gasteiger partial charge in [-0.05, 0) is 36.8 Å². The number of aryl methyl sites for hydroxylation is 2. The number of fused-ring (bicyclic) bond motifs is 1. The van der Waals surface area contributed by atoms with Crippen molar-refractivity contribution in [2.75, 3.05) is 12.4 Å². The lowest BCUT2D eigenvalue weighted by atomic mass is 9.98. The first-order chi connectivity index (χ1) is 14.4. The van der Waals surface area contributed by atoms with Crippen LogP contribution >= 0.6 is 22.9 Å². The lowest BCUT2D eigenvalue weighted by Gasteiger charge is -2.21. The van der Waals surface area contributed by atoms with Gasteiger partial charge in [-0.15, -0.1) is 11.3 Å². The first-order valence-electron chi connectivity index (χ1n) is 9.47. The van der Waals surface area contributed by atoms with Crippen molar-refractivity contribution in [3.8, 4) is 0 Å². The van der Waals surface area contributed by atoms with E-state index >= 15 is 0 Å². The largest absolute Gasteiger partial charge is 0.376 e. The average molecular weight is 447 g/mol. The molecule has 2 aromatic heterocycles. The number of aliphatic hydroxyl groups excluding tert-OH is 1. The molecule has 0 radical (unpaired) electrons. The Morgan fingerprint density at radius 3 is 3.03 bits per heavy atom. The molecule has 3 aromatic rings. The highest BCUT2D eigenvalue weighted by Gasteiger charge is 2.26. The summed E-state index contributed by atoms with van der Waals surface area (Å²) >= 11 is 7.54. The number of ether oxygens (including phenoxy) is 2. The third kappa shape index (κ3) is 4.58. The maximum absolute atomic E-state index is 10.3. The van der Waals surface area contributed by atoms with Gasteiger partial charge >= 0.3 is 0 Å². The number of rotatable bonds is 7. The molecule has 1 aromatic carbocycles. The predicted octanol–water partition coefficient (Wildman–Crippen LogP) is 4.03. The van der Waals surface area contributed by atoms with Gasteiger partial charge in [0.15, 0.2) is 0 Å². The van der Waals surface area contributed by atoms with Gasteiger partial charge in [-0.1, -0.05) is 23.7 Å². The molecule has 158 valence electrons. The molecule has 0 amide bonds. The normalized spacial score (nSPS) is 19.8. The van der Waals surface area contributed by atoms with Crippen LogP contribution in [0.1, 0.15) is 22.2 Å². The minimum atomic E-state index is -1.16. The van der Waals surface area contributed by atoms with Crippen LogP contribution < -0.4 is 5.32 Å². The zero-order chi connectivity index (χ0) is 21.3. The summed E-state index contributed by atoms with van der Waals surface area (Å²) in [5, 5.41) is 21.0. The molecule has 2 N–H and O–H groups in total. The molecule has 3 atom stereocenters. The van der Waals surface area contributed by atoms with Gasteiger partial charge in [0, 0.05) is 30.8 Å². The molecule has 1 aliphatic carbocycles. The predicted molar refractivity (Wildman–Crippen MR) is 119 cm³/mol. The molecule has 0 fully saturated rings. The fourth-order valence-electron chi connectivity index (χ4n) is 3.37. The van der Waals surface area contributed by atoms with Gasteiger partial charge in [0.05, 0.1) is 29.8 Å². The van der Waals surface area contributed by atoms with Crippen LogP contribution in [0.3, 0.4) is 0 Å². The van der Waals surface area contributed by atoms with Crippen molar-refractivity contribution < 1.29 is 14.6 Å². The Bertz CT molecular complexity index is 1110. The van der Waals surface area contributed by atoms with Crippen molar-refractivity contribution in [1.29, 1.82) is 0 Å². The van der Waals surface area contributed by atoms with E-state index in [4.69, 9.17) is 21.1 Å². The van der Waals surface area contributed by atoms with Crippen LogP contribution in [0.5, 0.6) is 0 Å². The Morgan fingerprint density at radius 2 is 2.23 bits per heavy atom. The summed E-state index contributed by atoms with van der Waals surface area (Å²) in [6.07, 6.45) is 6.32. The van der Waals surface area contributed by atoms with Gasteiger partial charge in [-0.2, -0.15) is 5.10 Å². The summed E-state index contributed by atoms with van der Waals surface area (Å²) < 4.78 is 12.9. The van der Waals surface area contributed by atoms with Crippen LogP contribution in [0.2, 0.25) is 0 Å². The Balaban J connectivity index is 1.39. The number of allylic oxidation sites excluding steroid dienone is 2. The molecule has 0 spiro atoms. The summed E-state index contributed by atoms with van der Waals surface area (Å²) in [6.45, 7) is 2.16. The lowest BCUT2D eigenvalue weighted by Crippen LogP contribution is -2.22. The van der Waals surface area contributed by atoms with Gasteiger partial charge in [-0.25, -0.2) is 4.98 Å². The van der Waals surface area contributed by atoms with Gasteiger partial charge in [0.25, 0.3) is 0 Å². The van der Waals surface area contributed by atoms with E-state index in [1.54, 1.807) is 11.8 Å². The van der Waals surface area contributed by atoms with E-state index < -0.39 is 6.41 Å². The van der Waals surface area contributed by atoms with E-state index in [0.29, 0.717) is 5.03 Å². The smallest absolute Gasteiger partial charge is 0.236 e. The zero-order valence-electron chi connectivity index (χ0n) is 16.9. The van der Waals surface area contributed by atoms with E-state index in [0.717, 1.165) is 32.2 Å². The number of thiazole rings is 1. The number of anilines is 1. The summed E-state index contributed by atoms with van der Waals surface area (Å²) in [5.74, 6) is -0.0268. The Kier molecular flexibility index (Phi) is 6.21. The van der Waals surface area contributed by atoms with Gasteiger partial charge < -0.3 is 19.9 Å². The number of hydrogen-bond acceptors (Lipinski definition) is 7. The molecule has 30 heavy (non-hydrogen) atoms. The first kappa shape index (κ1) is 21.0. The Hall–Kier alpha value is -2.23. The van der Waals surface area contributed by atoms with E-state index in [1.807, 2.05) is 56.6 Å². The average Bonchev–Trinajstić information content (AvgIpc) is 3.27. The molecular weight excluding hydrogens is 424 g/mol. The van der Waals surface area contributed by atoms with Crippen LogP contribution in [-0.2, 0) is 23.1 Å². The van der Waals surface area contributed by atoms with Gasteiger partial charge in [0.1, 0.15) is 10.0 Å². The van der Waals surface area contributed by atoms with Crippen molar-refractivity contribution in [3.63, 3.8) is 0 Å². The van der Waals surface area contributed by atoms with Crippen LogP contribution in [0.15, 0.2) is 47.7 Å². The molecule has 1 aliphatic rings. The fourth-order valence-corrected chi connectivity index (χ4v) is 4.66. The third-order valence-corrected chi connectivity index (χ3v) is 6.30. The van der Waals surface area contributed by atoms with Crippen LogP contribution in [-0.4, -0.2) is 39.5 Å². The highest BCUT2D eigenvalue weighted by atomic mass is 35.5. The van der Waals surface area contributed by atoms with E-state index in [2.05, 4.69) is 15.4 Å². The quantitative estimate of drug-likeness (QED) is 0.533. The molecule has 7 nitrogen and oxygen atoms in total. The van der Waals surface area contributed by atoms with Crippen LogP contribution in [0, 0.1) is 6.92 Å². The second kappa shape index (κ2) is 8.87.